The van der Waals surface area contributed by atoms with Crippen molar-refractivity contribution in [1.29, 1.82) is 0 Å². The van der Waals surface area contributed by atoms with Crippen LogP contribution in [0.15, 0.2) is 109 Å². The number of rotatable bonds is 7. The number of hydrogen-bond donors (Lipinski definition) is 1. The standard InChI is InChI=1S/C15H14N2O2S.C8H8N2O2S.C7H7Br/c1-16-14-9-6-10-15(11-14)17(20(2,18)19)12-13-7-4-3-5-8-13;1-9-7-4-3-5-8(6-7)10-13(2,11)12;8-6-7-4-2-1-3-5-7/h3-11H,12H2,2H3;3-6,10H,2H3;1-5H,6H2. The normalized spacial score (nSPS) is 10.4. The number of halogens is 1. The molecule has 0 heterocycles. The van der Waals surface area contributed by atoms with Crippen molar-refractivity contribution >= 4 is 58.7 Å². The van der Waals surface area contributed by atoms with E-state index in [1.54, 1.807) is 42.5 Å². The molecular weight excluding hydrogens is 624 g/mol. The van der Waals surface area contributed by atoms with Crippen molar-refractivity contribution in [2.75, 3.05) is 21.5 Å². The summed E-state index contributed by atoms with van der Waals surface area (Å²) in [5.74, 6) is 0. The fourth-order valence-electron chi connectivity index (χ4n) is 3.29. The van der Waals surface area contributed by atoms with E-state index in [-0.39, 0.29) is 6.54 Å². The van der Waals surface area contributed by atoms with Crippen molar-refractivity contribution in [3.63, 3.8) is 0 Å². The van der Waals surface area contributed by atoms with E-state index in [1.807, 2.05) is 48.5 Å². The molecule has 0 spiro atoms. The Labute approximate surface area is 251 Å². The summed E-state index contributed by atoms with van der Waals surface area (Å²) in [7, 11) is -6.67. The van der Waals surface area contributed by atoms with Crippen LogP contribution in [0, 0.1) is 13.1 Å². The van der Waals surface area contributed by atoms with E-state index < -0.39 is 20.0 Å². The molecule has 4 rings (SSSR count). The molecule has 0 unspecified atom stereocenters. The Morgan fingerprint density at radius 3 is 1.68 bits per heavy atom. The molecule has 0 aliphatic heterocycles. The summed E-state index contributed by atoms with van der Waals surface area (Å²) in [6.45, 7) is 14.0. The zero-order chi connectivity index (χ0) is 30.3. The quantitative estimate of drug-likeness (QED) is 0.166. The minimum Gasteiger partial charge on any atom is -0.285 e. The van der Waals surface area contributed by atoms with Crippen LogP contribution in [0.2, 0.25) is 0 Å². The molecule has 0 atom stereocenters. The van der Waals surface area contributed by atoms with Gasteiger partial charge in [-0.2, -0.15) is 0 Å². The summed E-state index contributed by atoms with van der Waals surface area (Å²) < 4.78 is 49.2. The minimum absolute atomic E-state index is 0.251. The van der Waals surface area contributed by atoms with Crippen LogP contribution >= 0.6 is 15.9 Å². The van der Waals surface area contributed by atoms with Crippen LogP contribution in [0.25, 0.3) is 9.69 Å². The first-order valence-electron chi connectivity index (χ1n) is 12.0. The van der Waals surface area contributed by atoms with Crippen LogP contribution < -0.4 is 9.03 Å². The average Bonchev–Trinajstić information content (AvgIpc) is 2.96. The molecule has 4 aromatic carbocycles. The fourth-order valence-corrected chi connectivity index (χ4v) is 5.10. The molecule has 0 saturated heterocycles. The highest BCUT2D eigenvalue weighted by molar-refractivity contribution is 9.08. The molecule has 4 aromatic rings. The molecule has 0 radical (unpaired) electrons. The molecule has 0 aromatic heterocycles. The van der Waals surface area contributed by atoms with Gasteiger partial charge in [-0.15, -0.1) is 0 Å². The number of benzene rings is 4. The maximum Gasteiger partial charge on any atom is 0.232 e. The molecule has 0 aliphatic carbocycles. The zero-order valence-corrected chi connectivity index (χ0v) is 25.7. The highest BCUT2D eigenvalue weighted by Crippen LogP contribution is 2.25. The van der Waals surface area contributed by atoms with Crippen LogP contribution in [0.4, 0.5) is 22.7 Å². The topological polar surface area (TPSA) is 92.3 Å². The average molecular weight is 654 g/mol. The molecule has 11 heteroatoms. The van der Waals surface area contributed by atoms with Crippen LogP contribution in [-0.2, 0) is 31.9 Å². The third-order valence-electron chi connectivity index (χ3n) is 5.09. The highest BCUT2D eigenvalue weighted by atomic mass is 79.9. The van der Waals surface area contributed by atoms with Gasteiger partial charge in [0.05, 0.1) is 32.2 Å². The monoisotopic (exact) mass is 652 g/mol. The second-order valence-corrected chi connectivity index (χ2v) is 12.8. The second kappa shape index (κ2) is 16.2. The van der Waals surface area contributed by atoms with Crippen LogP contribution in [0.1, 0.15) is 11.1 Å². The molecule has 0 saturated carbocycles. The van der Waals surface area contributed by atoms with E-state index in [1.165, 1.54) is 22.2 Å². The SMILES string of the molecule is BrCc1ccccc1.[C-]#[N+]c1cccc(N(Cc2ccccc2)S(C)(=O)=O)c1.[C-]#[N+]c1cccc(NS(C)(=O)=O)c1. The van der Waals surface area contributed by atoms with Crippen molar-refractivity contribution < 1.29 is 16.8 Å². The van der Waals surface area contributed by atoms with Crippen LogP contribution in [0.3, 0.4) is 0 Å². The summed E-state index contributed by atoms with van der Waals surface area (Å²) in [5, 5.41) is 0.952. The van der Waals surface area contributed by atoms with Gasteiger partial charge >= 0.3 is 0 Å². The Bertz CT molecular complexity index is 1700. The summed E-state index contributed by atoms with van der Waals surface area (Å²) >= 11 is 3.36. The van der Waals surface area contributed by atoms with Gasteiger partial charge in [0.25, 0.3) is 0 Å². The molecule has 1 N–H and O–H groups in total. The van der Waals surface area contributed by atoms with Crippen LogP contribution in [0.5, 0.6) is 0 Å². The zero-order valence-electron chi connectivity index (χ0n) is 22.5. The number of sulfonamides is 2. The first kappa shape index (κ1) is 33.0. The lowest BCUT2D eigenvalue weighted by atomic mass is 10.2. The van der Waals surface area contributed by atoms with Crippen molar-refractivity contribution in [2.45, 2.75) is 11.9 Å². The van der Waals surface area contributed by atoms with Crippen molar-refractivity contribution in [1.82, 2.24) is 0 Å². The third kappa shape index (κ3) is 12.7. The maximum absolute atomic E-state index is 12.0. The molecule has 41 heavy (non-hydrogen) atoms. The predicted molar refractivity (Wildman–Crippen MR) is 170 cm³/mol. The lowest BCUT2D eigenvalue weighted by molar-refractivity contribution is 0.596. The fraction of sp³-hybridized carbons (Fsp3) is 0.133. The lowest BCUT2D eigenvalue weighted by Gasteiger charge is -2.22. The lowest BCUT2D eigenvalue weighted by Crippen LogP contribution is -2.29. The molecule has 8 nitrogen and oxygen atoms in total. The molecule has 0 aliphatic rings. The van der Waals surface area contributed by atoms with E-state index >= 15 is 0 Å². The summed E-state index contributed by atoms with van der Waals surface area (Å²) in [6, 6.07) is 32.6. The molecule has 0 bridgehead atoms. The highest BCUT2D eigenvalue weighted by Gasteiger charge is 2.18. The van der Waals surface area contributed by atoms with Gasteiger partial charge in [0, 0.05) is 16.7 Å². The summed E-state index contributed by atoms with van der Waals surface area (Å²) in [6.07, 6.45) is 2.23. The number of hydrogen-bond acceptors (Lipinski definition) is 4. The molecule has 0 fully saturated rings. The Balaban J connectivity index is 0.000000239. The van der Waals surface area contributed by atoms with Gasteiger partial charge in [-0.3, -0.25) is 9.03 Å². The number of alkyl halides is 1. The van der Waals surface area contributed by atoms with Crippen molar-refractivity contribution in [2.24, 2.45) is 0 Å². The van der Waals surface area contributed by atoms with Crippen LogP contribution in [-0.4, -0.2) is 29.3 Å². The molecule has 212 valence electrons. The maximum atomic E-state index is 12.0. The first-order valence-corrected chi connectivity index (χ1v) is 16.9. The number of nitrogens with zero attached hydrogens (tertiary/aromatic N) is 3. The van der Waals surface area contributed by atoms with Gasteiger partial charge in [-0.05, 0) is 35.4 Å². The largest absolute Gasteiger partial charge is 0.285 e. The smallest absolute Gasteiger partial charge is 0.232 e. The Morgan fingerprint density at radius 2 is 1.22 bits per heavy atom. The van der Waals surface area contributed by atoms with E-state index in [2.05, 4.69) is 42.5 Å². The van der Waals surface area contributed by atoms with Gasteiger partial charge in [-0.1, -0.05) is 101 Å². The first-order chi connectivity index (χ1) is 19.4. The van der Waals surface area contributed by atoms with E-state index in [4.69, 9.17) is 13.1 Å². The molecule has 0 amide bonds. The minimum atomic E-state index is -3.41. The summed E-state index contributed by atoms with van der Waals surface area (Å²) in [5.41, 5.74) is 3.97. The number of anilines is 2. The van der Waals surface area contributed by atoms with Gasteiger partial charge in [0.1, 0.15) is 0 Å². The van der Waals surface area contributed by atoms with Gasteiger partial charge in [-0.25, -0.2) is 26.5 Å². The van der Waals surface area contributed by atoms with Crippen molar-refractivity contribution in [3.05, 3.63) is 143 Å². The Morgan fingerprint density at radius 1 is 0.707 bits per heavy atom. The van der Waals surface area contributed by atoms with Gasteiger partial charge in [0.2, 0.25) is 20.0 Å². The van der Waals surface area contributed by atoms with E-state index in [0.717, 1.165) is 17.1 Å². The summed E-state index contributed by atoms with van der Waals surface area (Å²) in [4.78, 5) is 6.51. The third-order valence-corrected chi connectivity index (χ3v) is 7.49. The Hall–Kier alpha value is -4.16. The van der Waals surface area contributed by atoms with E-state index in [0.29, 0.717) is 22.7 Å². The van der Waals surface area contributed by atoms with Gasteiger partial charge < -0.3 is 0 Å². The van der Waals surface area contributed by atoms with Gasteiger partial charge in [0.15, 0.2) is 11.4 Å². The second-order valence-electron chi connectivity index (χ2n) is 8.54. The Kier molecular flexibility index (Phi) is 13.0. The van der Waals surface area contributed by atoms with Crippen molar-refractivity contribution in [3.8, 4) is 0 Å². The number of nitrogens with one attached hydrogen (secondary N) is 1. The predicted octanol–water partition coefficient (Wildman–Crippen LogP) is 7.39. The van der Waals surface area contributed by atoms with E-state index in [9.17, 15) is 16.8 Å². The molecular formula is C30H29BrN4O4S2.